The van der Waals surface area contributed by atoms with Crippen LogP contribution in [-0.4, -0.2) is 5.78 Å². The molecule has 4 heteroatoms. The van der Waals surface area contributed by atoms with Gasteiger partial charge in [-0.25, -0.2) is 0 Å². The first-order valence-electron chi connectivity index (χ1n) is 5.58. The lowest BCUT2D eigenvalue weighted by Crippen LogP contribution is -1.89. The maximum Gasteiger partial charge on any atom is 0.159 e. The van der Waals surface area contributed by atoms with Gasteiger partial charge in [0.2, 0.25) is 0 Å². The van der Waals surface area contributed by atoms with Crippen LogP contribution in [0.3, 0.4) is 0 Å². The van der Waals surface area contributed by atoms with E-state index < -0.39 is 0 Å². The van der Waals surface area contributed by atoms with Crippen LogP contribution >= 0.6 is 0 Å². The molecule has 1 N–H and O–H groups in total. The first-order chi connectivity index (χ1) is 8.75. The van der Waals surface area contributed by atoms with Crippen LogP contribution < -0.4 is 5.43 Å². The zero-order valence-corrected chi connectivity index (χ0v) is 10.00. The molecule has 4 nitrogen and oxygen atoms in total. The topological polar surface area (TPSA) is 53.8 Å². The van der Waals surface area contributed by atoms with Crippen molar-refractivity contribution in [2.24, 2.45) is 10.3 Å². The lowest BCUT2D eigenvalue weighted by atomic mass is 10.1. The molecular weight excluding hydrogens is 226 g/mol. The van der Waals surface area contributed by atoms with Gasteiger partial charge in [0.15, 0.2) is 5.78 Å². The number of carbonyl (C=O) groups is 1. The minimum atomic E-state index is 0.0425. The quantitative estimate of drug-likeness (QED) is 0.498. The van der Waals surface area contributed by atoms with Crippen molar-refractivity contribution in [2.75, 3.05) is 5.43 Å². The molecule has 0 radical (unpaired) electrons. The standard InChI is InChI=1S/C14H13N3O/c1-11(18)12-7-9-14(10-8-12)16-17-15-13-5-3-2-4-6-13/h2-10H,1H3,(H,15,16). The van der Waals surface area contributed by atoms with Crippen LogP contribution in [0.4, 0.5) is 11.4 Å². The minimum absolute atomic E-state index is 0.0425. The van der Waals surface area contributed by atoms with E-state index in [0.29, 0.717) is 11.3 Å². The fourth-order valence-electron chi connectivity index (χ4n) is 1.42. The van der Waals surface area contributed by atoms with Crippen molar-refractivity contribution in [3.05, 3.63) is 60.2 Å². The van der Waals surface area contributed by atoms with Crippen molar-refractivity contribution in [1.82, 2.24) is 0 Å². The summed E-state index contributed by atoms with van der Waals surface area (Å²) in [7, 11) is 0. The highest BCUT2D eigenvalue weighted by atomic mass is 16.1. The Labute approximate surface area is 105 Å². The molecule has 90 valence electrons. The number of Topliss-reactive ketones (excluding diaryl/α,β-unsaturated/α-hetero) is 1. The van der Waals surface area contributed by atoms with Crippen LogP contribution in [0.5, 0.6) is 0 Å². The SMILES string of the molecule is CC(=O)c1ccc(N=NNc2ccccc2)cc1. The Morgan fingerprint density at radius 3 is 2.28 bits per heavy atom. The molecule has 0 fully saturated rings. The summed E-state index contributed by atoms with van der Waals surface area (Å²) < 4.78 is 0. The average molecular weight is 239 g/mol. The number of ketones is 1. The van der Waals surface area contributed by atoms with E-state index in [1.807, 2.05) is 30.3 Å². The maximum absolute atomic E-state index is 11.1. The van der Waals surface area contributed by atoms with Crippen LogP contribution in [0.15, 0.2) is 64.9 Å². The van der Waals surface area contributed by atoms with Crippen LogP contribution in [0.25, 0.3) is 0 Å². The molecule has 2 aromatic rings. The first kappa shape index (κ1) is 12.0. The van der Waals surface area contributed by atoms with Crippen molar-refractivity contribution in [2.45, 2.75) is 6.92 Å². The summed E-state index contributed by atoms with van der Waals surface area (Å²) in [5.74, 6) is 0.0425. The molecule has 0 aliphatic carbocycles. The van der Waals surface area contributed by atoms with Gasteiger partial charge >= 0.3 is 0 Å². The number of hydrogen-bond donors (Lipinski definition) is 1. The van der Waals surface area contributed by atoms with Gasteiger partial charge in [-0.1, -0.05) is 23.4 Å². The summed E-state index contributed by atoms with van der Waals surface area (Å²) in [5.41, 5.74) is 5.07. The van der Waals surface area contributed by atoms with E-state index in [1.54, 1.807) is 24.3 Å². The fraction of sp³-hybridized carbons (Fsp3) is 0.0714. The largest absolute Gasteiger partial charge is 0.295 e. The highest BCUT2D eigenvalue weighted by Gasteiger charge is 1.97. The van der Waals surface area contributed by atoms with Gasteiger partial charge in [0.05, 0.1) is 11.4 Å². The van der Waals surface area contributed by atoms with E-state index in [2.05, 4.69) is 15.8 Å². The zero-order chi connectivity index (χ0) is 12.8. The Balaban J connectivity index is 1.99. The summed E-state index contributed by atoms with van der Waals surface area (Å²) in [6.07, 6.45) is 0. The summed E-state index contributed by atoms with van der Waals surface area (Å²) >= 11 is 0. The number of benzene rings is 2. The number of hydrogen-bond acceptors (Lipinski definition) is 3. The number of anilines is 1. The summed E-state index contributed by atoms with van der Waals surface area (Å²) in [5, 5.41) is 7.88. The molecule has 2 aromatic carbocycles. The third-order valence-corrected chi connectivity index (χ3v) is 2.39. The molecule has 0 aromatic heterocycles. The van der Waals surface area contributed by atoms with Gasteiger partial charge in [0, 0.05) is 5.56 Å². The van der Waals surface area contributed by atoms with Gasteiger partial charge in [-0.2, -0.15) is 0 Å². The monoisotopic (exact) mass is 239 g/mol. The fourth-order valence-corrected chi connectivity index (χ4v) is 1.42. The second kappa shape index (κ2) is 5.72. The van der Waals surface area contributed by atoms with Gasteiger partial charge in [0.1, 0.15) is 0 Å². The van der Waals surface area contributed by atoms with Crippen LogP contribution in [0, 0.1) is 0 Å². The highest BCUT2D eigenvalue weighted by molar-refractivity contribution is 5.94. The molecule has 18 heavy (non-hydrogen) atoms. The highest BCUT2D eigenvalue weighted by Crippen LogP contribution is 2.14. The summed E-state index contributed by atoms with van der Waals surface area (Å²) in [6, 6.07) is 16.6. The number of para-hydroxylation sites is 1. The number of carbonyl (C=O) groups excluding carboxylic acids is 1. The van der Waals surface area contributed by atoms with E-state index in [9.17, 15) is 4.79 Å². The molecular formula is C14H13N3O. The van der Waals surface area contributed by atoms with Crippen molar-refractivity contribution in [3.8, 4) is 0 Å². The van der Waals surface area contributed by atoms with E-state index in [1.165, 1.54) is 6.92 Å². The predicted octanol–water partition coefficient (Wildman–Crippen LogP) is 4.00. The van der Waals surface area contributed by atoms with E-state index in [4.69, 9.17) is 0 Å². The van der Waals surface area contributed by atoms with Crippen molar-refractivity contribution in [1.29, 1.82) is 0 Å². The Morgan fingerprint density at radius 2 is 1.67 bits per heavy atom. The Bertz CT molecular complexity index is 547. The molecule has 0 aliphatic rings. The molecule has 0 unspecified atom stereocenters. The maximum atomic E-state index is 11.1. The Morgan fingerprint density at radius 1 is 1.00 bits per heavy atom. The molecule has 2 rings (SSSR count). The molecule has 0 spiro atoms. The lowest BCUT2D eigenvalue weighted by Gasteiger charge is -1.98. The molecule has 0 amide bonds. The van der Waals surface area contributed by atoms with Gasteiger partial charge in [-0.05, 0) is 43.3 Å². The lowest BCUT2D eigenvalue weighted by molar-refractivity contribution is 0.101. The summed E-state index contributed by atoms with van der Waals surface area (Å²) in [4.78, 5) is 11.1. The average Bonchev–Trinajstić information content (AvgIpc) is 2.40. The van der Waals surface area contributed by atoms with Gasteiger partial charge in [-0.3, -0.25) is 10.2 Å². The third-order valence-electron chi connectivity index (χ3n) is 2.39. The van der Waals surface area contributed by atoms with Crippen molar-refractivity contribution >= 4 is 17.2 Å². The summed E-state index contributed by atoms with van der Waals surface area (Å²) in [6.45, 7) is 1.54. The molecule has 0 bridgehead atoms. The Hall–Kier alpha value is -2.49. The molecule has 0 saturated carbocycles. The van der Waals surface area contributed by atoms with Crippen molar-refractivity contribution in [3.63, 3.8) is 0 Å². The number of nitrogens with zero attached hydrogens (tertiary/aromatic N) is 2. The predicted molar refractivity (Wildman–Crippen MR) is 71.0 cm³/mol. The number of nitrogens with one attached hydrogen (secondary N) is 1. The van der Waals surface area contributed by atoms with E-state index in [0.717, 1.165) is 5.69 Å². The van der Waals surface area contributed by atoms with Gasteiger partial charge < -0.3 is 0 Å². The third kappa shape index (κ3) is 3.25. The minimum Gasteiger partial charge on any atom is -0.295 e. The normalized spacial score (nSPS) is 10.5. The number of rotatable bonds is 4. The van der Waals surface area contributed by atoms with Crippen molar-refractivity contribution < 1.29 is 4.79 Å². The van der Waals surface area contributed by atoms with Gasteiger partial charge in [0.25, 0.3) is 0 Å². The van der Waals surface area contributed by atoms with Gasteiger partial charge in [-0.15, -0.1) is 5.11 Å². The molecule has 0 saturated heterocycles. The second-order valence-corrected chi connectivity index (χ2v) is 3.78. The van der Waals surface area contributed by atoms with E-state index >= 15 is 0 Å². The first-order valence-corrected chi connectivity index (χ1v) is 5.58. The zero-order valence-electron chi connectivity index (χ0n) is 10.00. The smallest absolute Gasteiger partial charge is 0.159 e. The molecule has 0 aliphatic heterocycles. The van der Waals surface area contributed by atoms with E-state index in [-0.39, 0.29) is 5.78 Å². The van der Waals surface area contributed by atoms with Crippen LogP contribution in [-0.2, 0) is 0 Å². The van der Waals surface area contributed by atoms with Crippen LogP contribution in [0.1, 0.15) is 17.3 Å². The van der Waals surface area contributed by atoms with Crippen LogP contribution in [0.2, 0.25) is 0 Å². The Kier molecular flexibility index (Phi) is 3.81. The molecule has 0 atom stereocenters. The second-order valence-electron chi connectivity index (χ2n) is 3.78. The molecule has 0 heterocycles.